The van der Waals surface area contributed by atoms with Crippen LogP contribution in [0.15, 0.2) is 36.4 Å². The van der Waals surface area contributed by atoms with E-state index in [2.05, 4.69) is 4.98 Å². The van der Waals surface area contributed by atoms with Crippen LogP contribution < -0.4 is 9.47 Å². The van der Waals surface area contributed by atoms with Crippen molar-refractivity contribution in [1.29, 1.82) is 5.26 Å². The van der Waals surface area contributed by atoms with Gasteiger partial charge in [-0.3, -0.25) is 0 Å². The molecule has 0 saturated heterocycles. The van der Waals surface area contributed by atoms with Crippen LogP contribution in [0.1, 0.15) is 5.56 Å². The van der Waals surface area contributed by atoms with Crippen LogP contribution in [0.3, 0.4) is 0 Å². The van der Waals surface area contributed by atoms with E-state index >= 15 is 0 Å². The summed E-state index contributed by atoms with van der Waals surface area (Å²) in [6.07, 6.45) is 0. The molecule has 4 heteroatoms. The maximum absolute atomic E-state index is 8.90. The van der Waals surface area contributed by atoms with E-state index in [-0.39, 0.29) is 0 Å². The first-order valence-corrected chi connectivity index (χ1v) is 5.38. The van der Waals surface area contributed by atoms with Crippen molar-refractivity contribution in [2.75, 3.05) is 14.2 Å². The number of nitrogens with zero attached hydrogens (tertiary/aromatic N) is 2. The molecular weight excluding hydrogens is 228 g/mol. The largest absolute Gasteiger partial charge is 0.497 e. The van der Waals surface area contributed by atoms with E-state index in [0.29, 0.717) is 11.4 Å². The molecule has 2 aromatic rings. The number of aromatic nitrogens is 1. The predicted molar refractivity (Wildman–Crippen MR) is 67.5 cm³/mol. The van der Waals surface area contributed by atoms with Gasteiger partial charge in [0.15, 0.2) is 0 Å². The summed E-state index contributed by atoms with van der Waals surface area (Å²) in [6, 6.07) is 13.1. The average Bonchev–Trinajstić information content (AvgIpc) is 2.46. The van der Waals surface area contributed by atoms with Crippen molar-refractivity contribution in [3.8, 4) is 29.0 Å². The van der Waals surface area contributed by atoms with Crippen molar-refractivity contribution in [2.24, 2.45) is 0 Å². The lowest BCUT2D eigenvalue weighted by Gasteiger charge is -2.06. The second-order valence-electron chi connectivity index (χ2n) is 3.60. The molecule has 1 heterocycles. The minimum Gasteiger partial charge on any atom is -0.497 e. The number of benzene rings is 1. The summed E-state index contributed by atoms with van der Waals surface area (Å²) < 4.78 is 10.3. The molecule has 0 bridgehead atoms. The Balaban J connectivity index is 2.48. The Bertz CT molecular complexity index is 603. The number of hydrogen-bond donors (Lipinski definition) is 0. The highest BCUT2D eigenvalue weighted by atomic mass is 16.5. The van der Waals surface area contributed by atoms with Crippen molar-refractivity contribution >= 4 is 0 Å². The van der Waals surface area contributed by atoms with Crippen molar-refractivity contribution < 1.29 is 9.47 Å². The fourth-order valence-electron chi connectivity index (χ4n) is 1.62. The van der Waals surface area contributed by atoms with Gasteiger partial charge in [0.05, 0.1) is 19.9 Å². The molecule has 2 rings (SSSR count). The second-order valence-corrected chi connectivity index (χ2v) is 3.60. The van der Waals surface area contributed by atoms with E-state index in [4.69, 9.17) is 14.7 Å². The van der Waals surface area contributed by atoms with E-state index in [1.165, 1.54) is 7.11 Å². The standard InChI is InChI=1S/C14H12N2O2/c1-17-12-5-3-4-10(8-12)13-7-6-11(9-15)14(16-13)18-2/h3-8H,1-2H3. The van der Waals surface area contributed by atoms with Crippen molar-refractivity contribution in [3.05, 3.63) is 42.0 Å². The Morgan fingerprint density at radius 2 is 1.94 bits per heavy atom. The van der Waals surface area contributed by atoms with Crippen LogP contribution in [0.2, 0.25) is 0 Å². The zero-order valence-corrected chi connectivity index (χ0v) is 10.2. The fraction of sp³-hybridized carbons (Fsp3) is 0.143. The van der Waals surface area contributed by atoms with Crippen LogP contribution in [-0.2, 0) is 0 Å². The third-order valence-corrected chi connectivity index (χ3v) is 2.54. The minimum absolute atomic E-state index is 0.331. The van der Waals surface area contributed by atoms with Gasteiger partial charge in [0.1, 0.15) is 17.4 Å². The van der Waals surface area contributed by atoms with Crippen LogP contribution in [-0.4, -0.2) is 19.2 Å². The lowest BCUT2D eigenvalue weighted by atomic mass is 10.1. The van der Waals surface area contributed by atoms with Gasteiger partial charge in [-0.15, -0.1) is 0 Å². The molecule has 0 saturated carbocycles. The number of rotatable bonds is 3. The molecule has 0 fully saturated rings. The number of methoxy groups -OCH3 is 2. The molecule has 0 aliphatic carbocycles. The summed E-state index contributed by atoms with van der Waals surface area (Å²) in [4.78, 5) is 4.31. The molecule has 4 nitrogen and oxygen atoms in total. The smallest absolute Gasteiger partial charge is 0.231 e. The molecule has 0 unspecified atom stereocenters. The molecule has 1 aromatic carbocycles. The second kappa shape index (κ2) is 5.19. The first-order chi connectivity index (χ1) is 8.78. The first kappa shape index (κ1) is 11.9. The van der Waals surface area contributed by atoms with E-state index in [1.807, 2.05) is 30.3 Å². The van der Waals surface area contributed by atoms with Gasteiger partial charge in [-0.1, -0.05) is 12.1 Å². The van der Waals surface area contributed by atoms with E-state index in [9.17, 15) is 0 Å². The number of hydrogen-bond acceptors (Lipinski definition) is 4. The van der Waals surface area contributed by atoms with E-state index < -0.39 is 0 Å². The molecule has 90 valence electrons. The number of ether oxygens (including phenoxy) is 2. The monoisotopic (exact) mass is 240 g/mol. The SMILES string of the molecule is COc1cccc(-c2ccc(C#N)c(OC)n2)c1. The van der Waals surface area contributed by atoms with Crippen LogP contribution in [0.5, 0.6) is 11.6 Å². The topological polar surface area (TPSA) is 55.1 Å². The summed E-state index contributed by atoms with van der Waals surface area (Å²) in [5.41, 5.74) is 2.08. The maximum atomic E-state index is 8.90. The Kier molecular flexibility index (Phi) is 3.44. The third-order valence-electron chi connectivity index (χ3n) is 2.54. The van der Waals surface area contributed by atoms with Crippen LogP contribution in [0, 0.1) is 11.3 Å². The van der Waals surface area contributed by atoms with Gasteiger partial charge in [-0.25, -0.2) is 4.98 Å². The zero-order chi connectivity index (χ0) is 13.0. The van der Waals surface area contributed by atoms with Gasteiger partial charge in [0.25, 0.3) is 0 Å². The van der Waals surface area contributed by atoms with Crippen molar-refractivity contribution in [2.45, 2.75) is 0 Å². The lowest BCUT2D eigenvalue weighted by molar-refractivity contribution is 0.397. The van der Waals surface area contributed by atoms with Gasteiger partial charge in [-0.2, -0.15) is 5.26 Å². The van der Waals surface area contributed by atoms with Crippen molar-refractivity contribution in [3.63, 3.8) is 0 Å². The molecule has 0 radical (unpaired) electrons. The third kappa shape index (κ3) is 2.25. The summed E-state index contributed by atoms with van der Waals surface area (Å²) in [5, 5.41) is 8.90. The summed E-state index contributed by atoms with van der Waals surface area (Å²) in [6.45, 7) is 0. The Hall–Kier alpha value is -2.54. The molecular formula is C14H12N2O2. The van der Waals surface area contributed by atoms with E-state index in [1.54, 1.807) is 19.2 Å². The summed E-state index contributed by atoms with van der Waals surface area (Å²) in [5.74, 6) is 1.09. The Labute approximate surface area is 105 Å². The Morgan fingerprint density at radius 3 is 2.61 bits per heavy atom. The van der Waals surface area contributed by atoms with Gasteiger partial charge in [0, 0.05) is 5.56 Å². The predicted octanol–water partition coefficient (Wildman–Crippen LogP) is 2.64. The van der Waals surface area contributed by atoms with Crippen LogP contribution in [0.25, 0.3) is 11.3 Å². The normalized spacial score (nSPS) is 9.61. The summed E-state index contributed by atoms with van der Waals surface area (Å²) in [7, 11) is 3.12. The zero-order valence-electron chi connectivity index (χ0n) is 10.2. The van der Waals surface area contributed by atoms with Crippen molar-refractivity contribution in [1.82, 2.24) is 4.98 Å². The molecule has 0 aliphatic heterocycles. The van der Waals surface area contributed by atoms with E-state index in [0.717, 1.165) is 17.0 Å². The fourth-order valence-corrected chi connectivity index (χ4v) is 1.62. The highest BCUT2D eigenvalue weighted by Gasteiger charge is 2.07. The molecule has 0 aliphatic rings. The molecule has 1 aromatic heterocycles. The first-order valence-electron chi connectivity index (χ1n) is 5.38. The van der Waals surface area contributed by atoms with Crippen LogP contribution in [0.4, 0.5) is 0 Å². The molecule has 0 spiro atoms. The minimum atomic E-state index is 0.331. The lowest BCUT2D eigenvalue weighted by Crippen LogP contribution is -1.94. The molecule has 0 N–H and O–H groups in total. The molecule has 18 heavy (non-hydrogen) atoms. The highest BCUT2D eigenvalue weighted by molar-refractivity contribution is 5.63. The highest BCUT2D eigenvalue weighted by Crippen LogP contribution is 2.25. The molecule has 0 amide bonds. The number of nitriles is 1. The quantitative estimate of drug-likeness (QED) is 0.827. The average molecular weight is 240 g/mol. The van der Waals surface area contributed by atoms with Gasteiger partial charge >= 0.3 is 0 Å². The van der Waals surface area contributed by atoms with Crippen LogP contribution >= 0.6 is 0 Å². The summed E-state index contributed by atoms with van der Waals surface area (Å²) >= 11 is 0. The molecule has 0 atom stereocenters. The van der Waals surface area contributed by atoms with Gasteiger partial charge < -0.3 is 9.47 Å². The Morgan fingerprint density at radius 1 is 1.11 bits per heavy atom. The maximum Gasteiger partial charge on any atom is 0.231 e. The number of pyridine rings is 1. The van der Waals surface area contributed by atoms with Gasteiger partial charge in [-0.05, 0) is 24.3 Å². The van der Waals surface area contributed by atoms with Gasteiger partial charge in [0.2, 0.25) is 5.88 Å².